The number of urea groups is 1. The Morgan fingerprint density at radius 3 is 2.62 bits per heavy atom. The number of rotatable bonds is 6. The molecule has 1 atom stereocenters. The fourth-order valence-electron chi connectivity index (χ4n) is 1.66. The number of hydrogen-bond acceptors (Lipinski definition) is 5. The van der Waals surface area contributed by atoms with Crippen LogP contribution in [0.5, 0.6) is 0 Å². The molecule has 0 heterocycles. The lowest BCUT2D eigenvalue weighted by atomic mass is 10.1. The topological polar surface area (TPSA) is 142 Å². The molecule has 0 aliphatic rings. The summed E-state index contributed by atoms with van der Waals surface area (Å²) in [5, 5.41) is 32.9. The van der Waals surface area contributed by atoms with Crippen molar-refractivity contribution in [2.45, 2.75) is 19.4 Å². The van der Waals surface area contributed by atoms with Gasteiger partial charge in [-0.2, -0.15) is 0 Å². The number of amides is 2. The molecule has 114 valence electrons. The van der Waals surface area contributed by atoms with E-state index in [0.717, 1.165) is 0 Å². The summed E-state index contributed by atoms with van der Waals surface area (Å²) >= 11 is 0. The van der Waals surface area contributed by atoms with Crippen molar-refractivity contribution in [1.29, 1.82) is 0 Å². The number of aliphatic hydroxyl groups excluding tert-OH is 1. The first kappa shape index (κ1) is 16.4. The Morgan fingerprint density at radius 1 is 1.43 bits per heavy atom. The molecule has 1 aromatic carbocycles. The van der Waals surface area contributed by atoms with E-state index in [0.29, 0.717) is 0 Å². The summed E-state index contributed by atoms with van der Waals surface area (Å²) in [5.74, 6) is -1.28. The minimum absolute atomic E-state index is 0.142. The van der Waals surface area contributed by atoms with Crippen LogP contribution in [0, 0.1) is 17.0 Å². The Kier molecular flexibility index (Phi) is 5.61. The SMILES string of the molecule is Cc1c(NC(=O)NC(CCO)C(=O)O)cccc1[N+](=O)[O-]. The molecule has 1 rings (SSSR count). The van der Waals surface area contributed by atoms with Gasteiger partial charge in [0.25, 0.3) is 5.69 Å². The molecule has 9 nitrogen and oxygen atoms in total. The number of carbonyl (C=O) groups excluding carboxylic acids is 1. The number of benzene rings is 1. The van der Waals surface area contributed by atoms with Crippen LogP contribution in [0.2, 0.25) is 0 Å². The van der Waals surface area contributed by atoms with Crippen molar-refractivity contribution in [3.63, 3.8) is 0 Å². The molecular weight excluding hydrogens is 282 g/mol. The maximum Gasteiger partial charge on any atom is 0.326 e. The zero-order valence-electron chi connectivity index (χ0n) is 11.2. The van der Waals surface area contributed by atoms with Crippen molar-refractivity contribution in [3.05, 3.63) is 33.9 Å². The van der Waals surface area contributed by atoms with Gasteiger partial charge in [-0.3, -0.25) is 10.1 Å². The van der Waals surface area contributed by atoms with Gasteiger partial charge in [0, 0.05) is 19.1 Å². The molecule has 1 unspecified atom stereocenters. The number of nitro benzene ring substituents is 1. The van der Waals surface area contributed by atoms with E-state index in [1.807, 2.05) is 0 Å². The number of nitro groups is 1. The number of carbonyl (C=O) groups is 2. The van der Waals surface area contributed by atoms with Crippen LogP contribution in [0.4, 0.5) is 16.2 Å². The van der Waals surface area contributed by atoms with Gasteiger partial charge in [0.05, 0.1) is 16.2 Å². The number of aliphatic hydroxyl groups is 1. The zero-order chi connectivity index (χ0) is 16.0. The molecule has 1 aromatic rings. The Labute approximate surface area is 119 Å². The van der Waals surface area contributed by atoms with Crippen molar-refractivity contribution in [1.82, 2.24) is 5.32 Å². The molecule has 9 heteroatoms. The van der Waals surface area contributed by atoms with Gasteiger partial charge in [0.15, 0.2) is 0 Å². The highest BCUT2D eigenvalue weighted by Gasteiger charge is 2.20. The highest BCUT2D eigenvalue weighted by molar-refractivity contribution is 5.93. The number of anilines is 1. The number of aliphatic carboxylic acids is 1. The Balaban J connectivity index is 2.82. The lowest BCUT2D eigenvalue weighted by molar-refractivity contribution is -0.385. The third-order valence-corrected chi connectivity index (χ3v) is 2.77. The number of nitrogens with one attached hydrogen (secondary N) is 2. The van der Waals surface area contributed by atoms with Gasteiger partial charge in [0.2, 0.25) is 0 Å². The summed E-state index contributed by atoms with van der Waals surface area (Å²) in [7, 11) is 0. The summed E-state index contributed by atoms with van der Waals surface area (Å²) in [6.45, 7) is 1.07. The van der Waals surface area contributed by atoms with Crippen LogP contribution in [-0.2, 0) is 4.79 Å². The third kappa shape index (κ3) is 4.42. The normalized spacial score (nSPS) is 11.5. The van der Waals surface area contributed by atoms with Crippen LogP contribution in [0.25, 0.3) is 0 Å². The van der Waals surface area contributed by atoms with Crippen molar-refractivity contribution in [2.75, 3.05) is 11.9 Å². The monoisotopic (exact) mass is 297 g/mol. The molecule has 0 aliphatic heterocycles. The van der Waals surface area contributed by atoms with Crippen LogP contribution < -0.4 is 10.6 Å². The van der Waals surface area contributed by atoms with E-state index >= 15 is 0 Å². The summed E-state index contributed by atoms with van der Waals surface area (Å²) in [6, 6.07) is 2.10. The fourth-order valence-corrected chi connectivity index (χ4v) is 1.66. The predicted octanol–water partition coefficient (Wildman–Crippen LogP) is 0.860. The Bertz CT molecular complexity index is 560. The molecule has 0 aromatic heterocycles. The second-order valence-corrected chi connectivity index (χ2v) is 4.21. The predicted molar refractivity (Wildman–Crippen MR) is 73.1 cm³/mol. The quantitative estimate of drug-likeness (QED) is 0.453. The standard InChI is InChI=1S/C12H15N3O6/c1-7-8(3-2-4-10(7)15(20)21)13-12(19)14-9(5-6-16)11(17)18/h2-4,9,16H,5-6H2,1H3,(H,17,18)(H2,13,14,19). The maximum absolute atomic E-state index is 11.7. The molecule has 4 N–H and O–H groups in total. The minimum atomic E-state index is -1.28. The molecule has 0 spiro atoms. The van der Waals surface area contributed by atoms with E-state index in [1.54, 1.807) is 0 Å². The van der Waals surface area contributed by atoms with Crippen molar-refractivity contribution in [2.24, 2.45) is 0 Å². The van der Waals surface area contributed by atoms with Crippen LogP contribution in [0.15, 0.2) is 18.2 Å². The second-order valence-electron chi connectivity index (χ2n) is 4.21. The molecule has 21 heavy (non-hydrogen) atoms. The summed E-state index contributed by atoms with van der Waals surface area (Å²) in [5.41, 5.74) is 0.305. The van der Waals surface area contributed by atoms with E-state index in [-0.39, 0.29) is 23.4 Å². The molecular formula is C12H15N3O6. The van der Waals surface area contributed by atoms with Crippen LogP contribution in [-0.4, -0.2) is 39.8 Å². The van der Waals surface area contributed by atoms with Gasteiger partial charge >= 0.3 is 12.0 Å². The van der Waals surface area contributed by atoms with Crippen molar-refractivity contribution >= 4 is 23.4 Å². The van der Waals surface area contributed by atoms with Gasteiger partial charge in [-0.15, -0.1) is 0 Å². The van der Waals surface area contributed by atoms with Gasteiger partial charge in [-0.1, -0.05) is 6.07 Å². The lowest BCUT2D eigenvalue weighted by Crippen LogP contribution is -2.43. The van der Waals surface area contributed by atoms with E-state index in [4.69, 9.17) is 10.2 Å². The van der Waals surface area contributed by atoms with Gasteiger partial charge in [-0.05, 0) is 13.0 Å². The van der Waals surface area contributed by atoms with Crippen LogP contribution >= 0.6 is 0 Å². The third-order valence-electron chi connectivity index (χ3n) is 2.77. The smallest absolute Gasteiger partial charge is 0.326 e. The van der Waals surface area contributed by atoms with E-state index in [9.17, 15) is 19.7 Å². The van der Waals surface area contributed by atoms with Crippen molar-refractivity contribution in [3.8, 4) is 0 Å². The Morgan fingerprint density at radius 2 is 2.10 bits per heavy atom. The van der Waals surface area contributed by atoms with Gasteiger partial charge in [0.1, 0.15) is 6.04 Å². The summed E-state index contributed by atoms with van der Waals surface area (Å²) in [6.07, 6.45) is -0.142. The number of carboxylic acids is 1. The molecule has 0 radical (unpaired) electrons. The van der Waals surface area contributed by atoms with E-state index in [1.165, 1.54) is 25.1 Å². The van der Waals surface area contributed by atoms with Crippen molar-refractivity contribution < 1.29 is 24.7 Å². The summed E-state index contributed by atoms with van der Waals surface area (Å²) < 4.78 is 0. The average molecular weight is 297 g/mol. The zero-order valence-corrected chi connectivity index (χ0v) is 11.2. The molecule has 0 saturated carbocycles. The lowest BCUT2D eigenvalue weighted by Gasteiger charge is -2.14. The molecule has 0 aliphatic carbocycles. The molecule has 0 fully saturated rings. The number of hydrogen-bond donors (Lipinski definition) is 4. The highest BCUT2D eigenvalue weighted by atomic mass is 16.6. The number of nitrogens with zero attached hydrogens (tertiary/aromatic N) is 1. The molecule has 2 amide bonds. The largest absolute Gasteiger partial charge is 0.480 e. The average Bonchev–Trinajstić information content (AvgIpc) is 2.40. The van der Waals surface area contributed by atoms with Gasteiger partial charge in [-0.25, -0.2) is 9.59 Å². The van der Waals surface area contributed by atoms with Crippen LogP contribution in [0.3, 0.4) is 0 Å². The fraction of sp³-hybridized carbons (Fsp3) is 0.333. The first-order valence-electron chi connectivity index (χ1n) is 6.02. The van der Waals surface area contributed by atoms with Crippen LogP contribution in [0.1, 0.15) is 12.0 Å². The maximum atomic E-state index is 11.7. The van der Waals surface area contributed by atoms with E-state index in [2.05, 4.69) is 10.6 Å². The second kappa shape index (κ2) is 7.20. The number of carboxylic acid groups (broad SMARTS) is 1. The summed E-state index contributed by atoms with van der Waals surface area (Å²) in [4.78, 5) is 32.7. The first-order chi connectivity index (χ1) is 9.86. The molecule has 0 saturated heterocycles. The highest BCUT2D eigenvalue weighted by Crippen LogP contribution is 2.24. The Hall–Kier alpha value is -2.68. The first-order valence-corrected chi connectivity index (χ1v) is 6.02. The van der Waals surface area contributed by atoms with Gasteiger partial charge < -0.3 is 20.8 Å². The minimum Gasteiger partial charge on any atom is -0.480 e. The molecule has 0 bridgehead atoms. The van der Waals surface area contributed by atoms with E-state index < -0.39 is 29.6 Å².